The molecular formula is C8H4ClF3N2. The number of hydrogen-bond acceptors (Lipinski definition) is 2. The van der Waals surface area contributed by atoms with Gasteiger partial charge in [0.15, 0.2) is 0 Å². The molecule has 0 amide bonds. The Bertz CT molecular complexity index is 406. The van der Waals surface area contributed by atoms with Crippen LogP contribution in [0, 0.1) is 11.3 Å². The van der Waals surface area contributed by atoms with Gasteiger partial charge in [0.05, 0.1) is 16.1 Å². The van der Waals surface area contributed by atoms with Crippen molar-refractivity contribution in [1.29, 1.82) is 5.26 Å². The third-order valence-electron chi connectivity index (χ3n) is 1.58. The highest BCUT2D eigenvalue weighted by Crippen LogP contribution is 2.38. The lowest BCUT2D eigenvalue weighted by molar-refractivity contribution is -0.137. The minimum atomic E-state index is -4.67. The topological polar surface area (TPSA) is 49.8 Å². The van der Waals surface area contributed by atoms with E-state index in [2.05, 4.69) is 0 Å². The van der Waals surface area contributed by atoms with E-state index < -0.39 is 23.0 Å². The largest absolute Gasteiger partial charge is 0.419 e. The van der Waals surface area contributed by atoms with E-state index in [1.165, 1.54) is 6.07 Å². The Labute approximate surface area is 82.7 Å². The van der Waals surface area contributed by atoms with Crippen molar-refractivity contribution in [1.82, 2.24) is 0 Å². The van der Waals surface area contributed by atoms with Crippen LogP contribution in [0.25, 0.3) is 0 Å². The van der Waals surface area contributed by atoms with E-state index in [4.69, 9.17) is 22.6 Å². The van der Waals surface area contributed by atoms with Crippen molar-refractivity contribution >= 4 is 17.3 Å². The van der Waals surface area contributed by atoms with Gasteiger partial charge in [-0.15, -0.1) is 0 Å². The fraction of sp³-hybridized carbons (Fsp3) is 0.125. The molecule has 0 saturated carbocycles. The van der Waals surface area contributed by atoms with Crippen LogP contribution in [0.2, 0.25) is 5.02 Å². The second-order valence-corrected chi connectivity index (χ2v) is 2.90. The molecule has 2 N–H and O–H groups in total. The third-order valence-corrected chi connectivity index (χ3v) is 1.90. The standard InChI is InChI=1S/C8H4ClF3N2/c9-5-1-2-6(14)7(4(5)3-13)8(10,11)12/h1-2H,14H2. The van der Waals surface area contributed by atoms with E-state index in [1.54, 1.807) is 0 Å². The average molecular weight is 221 g/mol. The van der Waals surface area contributed by atoms with Crippen molar-refractivity contribution in [3.05, 3.63) is 28.3 Å². The van der Waals surface area contributed by atoms with Crippen molar-refractivity contribution in [2.75, 3.05) is 5.73 Å². The van der Waals surface area contributed by atoms with Crippen molar-refractivity contribution in [3.8, 4) is 6.07 Å². The molecule has 0 aliphatic carbocycles. The molecule has 1 aromatic carbocycles. The number of benzene rings is 1. The van der Waals surface area contributed by atoms with Gasteiger partial charge in [0, 0.05) is 5.69 Å². The third kappa shape index (κ3) is 1.75. The maximum atomic E-state index is 12.4. The zero-order valence-corrected chi connectivity index (χ0v) is 7.45. The van der Waals surface area contributed by atoms with E-state index in [0.29, 0.717) is 0 Å². The zero-order valence-electron chi connectivity index (χ0n) is 6.69. The molecule has 0 spiro atoms. The van der Waals surface area contributed by atoms with Gasteiger partial charge in [0.1, 0.15) is 6.07 Å². The Hall–Kier alpha value is -1.41. The summed E-state index contributed by atoms with van der Waals surface area (Å²) in [5, 5.41) is 8.24. The highest BCUT2D eigenvalue weighted by molar-refractivity contribution is 6.32. The van der Waals surface area contributed by atoms with E-state index in [0.717, 1.165) is 12.1 Å². The number of anilines is 1. The number of nitriles is 1. The van der Waals surface area contributed by atoms with Crippen molar-refractivity contribution in [3.63, 3.8) is 0 Å². The van der Waals surface area contributed by atoms with Gasteiger partial charge < -0.3 is 5.73 Å². The number of rotatable bonds is 0. The van der Waals surface area contributed by atoms with E-state index in [1.807, 2.05) is 0 Å². The second-order valence-electron chi connectivity index (χ2n) is 2.50. The number of nitrogen functional groups attached to an aromatic ring is 1. The molecule has 0 unspecified atom stereocenters. The minimum Gasteiger partial charge on any atom is -0.398 e. The van der Waals surface area contributed by atoms with Crippen LogP contribution in [-0.4, -0.2) is 0 Å². The first-order valence-electron chi connectivity index (χ1n) is 3.43. The summed E-state index contributed by atoms with van der Waals surface area (Å²) in [4.78, 5) is 0. The lowest BCUT2D eigenvalue weighted by atomic mass is 10.1. The summed E-state index contributed by atoms with van der Waals surface area (Å²) in [6.07, 6.45) is -4.67. The lowest BCUT2D eigenvalue weighted by Crippen LogP contribution is -2.11. The molecule has 0 saturated heterocycles. The SMILES string of the molecule is N#Cc1c(Cl)ccc(N)c1C(F)(F)F. The number of nitrogens with zero attached hydrogens (tertiary/aromatic N) is 1. The molecule has 0 aromatic heterocycles. The molecular weight excluding hydrogens is 217 g/mol. The van der Waals surface area contributed by atoms with Crippen LogP contribution < -0.4 is 5.73 Å². The highest BCUT2D eigenvalue weighted by Gasteiger charge is 2.36. The van der Waals surface area contributed by atoms with Crippen LogP contribution in [0.5, 0.6) is 0 Å². The molecule has 2 nitrogen and oxygen atoms in total. The van der Waals surface area contributed by atoms with Crippen LogP contribution in [0.3, 0.4) is 0 Å². The normalized spacial score (nSPS) is 11.1. The fourth-order valence-electron chi connectivity index (χ4n) is 1.01. The van der Waals surface area contributed by atoms with Gasteiger partial charge in [0.25, 0.3) is 0 Å². The molecule has 0 atom stereocenters. The molecule has 0 radical (unpaired) electrons. The summed E-state index contributed by atoms with van der Waals surface area (Å²) in [6.45, 7) is 0. The Morgan fingerprint density at radius 1 is 1.36 bits per heavy atom. The van der Waals surface area contributed by atoms with Gasteiger partial charge in [-0.2, -0.15) is 18.4 Å². The Morgan fingerprint density at radius 3 is 2.29 bits per heavy atom. The van der Waals surface area contributed by atoms with E-state index in [9.17, 15) is 13.2 Å². The monoisotopic (exact) mass is 220 g/mol. The van der Waals surface area contributed by atoms with Crippen LogP contribution in [0.1, 0.15) is 11.1 Å². The molecule has 1 rings (SSSR count). The maximum Gasteiger partial charge on any atom is 0.419 e. The maximum absolute atomic E-state index is 12.4. The van der Waals surface area contributed by atoms with Gasteiger partial charge in [-0.05, 0) is 12.1 Å². The summed E-state index contributed by atoms with van der Waals surface area (Å²) < 4.78 is 37.2. The van der Waals surface area contributed by atoms with Crippen molar-refractivity contribution < 1.29 is 13.2 Å². The molecule has 0 heterocycles. The van der Waals surface area contributed by atoms with Gasteiger partial charge in [-0.1, -0.05) is 11.6 Å². The molecule has 0 aliphatic heterocycles. The Balaban J connectivity index is 3.56. The number of nitrogens with two attached hydrogens (primary N) is 1. The first-order valence-corrected chi connectivity index (χ1v) is 3.81. The van der Waals surface area contributed by atoms with Crippen LogP contribution >= 0.6 is 11.6 Å². The Morgan fingerprint density at radius 2 is 1.93 bits per heavy atom. The second kappa shape index (κ2) is 3.39. The molecule has 0 fully saturated rings. The van der Waals surface area contributed by atoms with Crippen molar-refractivity contribution in [2.45, 2.75) is 6.18 Å². The van der Waals surface area contributed by atoms with Gasteiger partial charge in [-0.3, -0.25) is 0 Å². The molecule has 0 bridgehead atoms. The van der Waals surface area contributed by atoms with Crippen LogP contribution in [0.4, 0.5) is 18.9 Å². The predicted octanol–water partition coefficient (Wildman–Crippen LogP) is 2.81. The molecule has 1 aromatic rings. The summed E-state index contributed by atoms with van der Waals surface area (Å²) in [5.41, 5.74) is 2.81. The summed E-state index contributed by atoms with van der Waals surface area (Å²) in [7, 11) is 0. The van der Waals surface area contributed by atoms with E-state index >= 15 is 0 Å². The lowest BCUT2D eigenvalue weighted by Gasteiger charge is -2.12. The number of halogens is 4. The quantitative estimate of drug-likeness (QED) is 0.684. The van der Waals surface area contributed by atoms with Gasteiger partial charge in [0.2, 0.25) is 0 Å². The minimum absolute atomic E-state index is 0.256. The number of hydrogen-bond donors (Lipinski definition) is 1. The average Bonchev–Trinajstić information content (AvgIpc) is 2.06. The van der Waals surface area contributed by atoms with E-state index in [-0.39, 0.29) is 5.02 Å². The smallest absolute Gasteiger partial charge is 0.398 e. The molecule has 0 aliphatic rings. The zero-order chi connectivity index (χ0) is 10.9. The first kappa shape index (κ1) is 10.7. The van der Waals surface area contributed by atoms with Crippen LogP contribution in [0.15, 0.2) is 12.1 Å². The van der Waals surface area contributed by atoms with Crippen molar-refractivity contribution in [2.24, 2.45) is 0 Å². The highest BCUT2D eigenvalue weighted by atomic mass is 35.5. The van der Waals surface area contributed by atoms with Gasteiger partial charge in [-0.25, -0.2) is 0 Å². The first-order chi connectivity index (χ1) is 6.38. The summed E-state index contributed by atoms with van der Waals surface area (Å²) in [6, 6.07) is 3.56. The fourth-order valence-corrected chi connectivity index (χ4v) is 1.21. The molecule has 14 heavy (non-hydrogen) atoms. The predicted molar refractivity (Wildman–Crippen MR) is 45.6 cm³/mol. The molecule has 74 valence electrons. The summed E-state index contributed by atoms with van der Waals surface area (Å²) >= 11 is 5.43. The van der Waals surface area contributed by atoms with Crippen LogP contribution in [-0.2, 0) is 6.18 Å². The Kier molecular flexibility index (Phi) is 2.58. The molecule has 6 heteroatoms. The summed E-state index contributed by atoms with van der Waals surface area (Å²) in [5.74, 6) is 0. The van der Waals surface area contributed by atoms with Gasteiger partial charge >= 0.3 is 6.18 Å². The number of alkyl halides is 3.